The summed E-state index contributed by atoms with van der Waals surface area (Å²) in [6, 6.07) is 12.7. The van der Waals surface area contributed by atoms with E-state index in [0.717, 1.165) is 38.5 Å². The van der Waals surface area contributed by atoms with Crippen LogP contribution in [0.1, 0.15) is 51.0 Å². The lowest BCUT2D eigenvalue weighted by Crippen LogP contribution is -2.45. The molecule has 21 heavy (non-hydrogen) atoms. The summed E-state index contributed by atoms with van der Waals surface area (Å²) in [5.74, 6) is 0.362. The molecule has 3 nitrogen and oxygen atoms in total. The summed E-state index contributed by atoms with van der Waals surface area (Å²) >= 11 is 0. The van der Waals surface area contributed by atoms with E-state index in [-0.39, 0.29) is 5.91 Å². The number of amides is 1. The Kier molecular flexibility index (Phi) is 5.38. The van der Waals surface area contributed by atoms with Crippen LogP contribution in [0.2, 0.25) is 0 Å². The summed E-state index contributed by atoms with van der Waals surface area (Å²) in [4.78, 5) is 12.1. The molecular formula is C18H24N2O. The third-order valence-electron chi connectivity index (χ3n) is 4.35. The van der Waals surface area contributed by atoms with Crippen molar-refractivity contribution in [2.75, 3.05) is 0 Å². The molecule has 0 radical (unpaired) electrons. The van der Waals surface area contributed by atoms with Gasteiger partial charge in [-0.05, 0) is 50.0 Å². The van der Waals surface area contributed by atoms with Crippen LogP contribution in [0, 0.1) is 17.2 Å². The molecule has 1 amide bonds. The van der Waals surface area contributed by atoms with E-state index in [0.29, 0.717) is 12.3 Å². The van der Waals surface area contributed by atoms with Gasteiger partial charge in [0, 0.05) is 6.42 Å². The van der Waals surface area contributed by atoms with Crippen molar-refractivity contribution in [1.82, 2.24) is 5.32 Å². The second-order valence-corrected chi connectivity index (χ2v) is 6.28. The molecule has 2 rings (SSSR count). The normalized spacial score (nSPS) is 17.9. The smallest absolute Gasteiger partial charge is 0.221 e. The zero-order chi connectivity index (χ0) is 15.1. The molecule has 1 aliphatic rings. The average molecular weight is 284 g/mol. The first-order chi connectivity index (χ1) is 10.1. The highest BCUT2D eigenvalue weighted by Crippen LogP contribution is 2.29. The zero-order valence-corrected chi connectivity index (χ0v) is 12.8. The topological polar surface area (TPSA) is 52.9 Å². The average Bonchev–Trinajstić information content (AvgIpc) is 2.95. The monoisotopic (exact) mass is 284 g/mol. The number of nitrogens with one attached hydrogen (secondary N) is 1. The van der Waals surface area contributed by atoms with E-state index < -0.39 is 5.54 Å². The van der Waals surface area contributed by atoms with Crippen molar-refractivity contribution in [3.05, 3.63) is 35.9 Å². The summed E-state index contributed by atoms with van der Waals surface area (Å²) in [5, 5.41) is 12.3. The van der Waals surface area contributed by atoms with Crippen molar-refractivity contribution < 1.29 is 4.79 Å². The quantitative estimate of drug-likeness (QED) is 0.867. The van der Waals surface area contributed by atoms with E-state index in [9.17, 15) is 10.1 Å². The van der Waals surface area contributed by atoms with Gasteiger partial charge in [-0.3, -0.25) is 4.79 Å². The number of nitrogens with zero attached hydrogens (tertiary/aromatic N) is 1. The fraction of sp³-hybridized carbons (Fsp3) is 0.556. The molecule has 1 atom stereocenters. The first kappa shape index (κ1) is 15.6. The number of aryl methyl sites for hydroxylation is 1. The molecule has 0 aliphatic heterocycles. The van der Waals surface area contributed by atoms with Gasteiger partial charge in [0.2, 0.25) is 5.91 Å². The van der Waals surface area contributed by atoms with Crippen LogP contribution in [0.25, 0.3) is 0 Å². The van der Waals surface area contributed by atoms with Crippen LogP contribution >= 0.6 is 0 Å². The Labute approximate surface area is 127 Å². The van der Waals surface area contributed by atoms with E-state index in [2.05, 4.69) is 30.4 Å². The second-order valence-electron chi connectivity index (χ2n) is 6.28. The molecule has 1 unspecified atom stereocenters. The van der Waals surface area contributed by atoms with Crippen molar-refractivity contribution in [2.45, 2.75) is 57.4 Å². The van der Waals surface area contributed by atoms with Crippen LogP contribution < -0.4 is 5.32 Å². The van der Waals surface area contributed by atoms with E-state index in [1.807, 2.05) is 18.2 Å². The maximum absolute atomic E-state index is 12.1. The van der Waals surface area contributed by atoms with Crippen molar-refractivity contribution in [3.8, 4) is 6.07 Å². The zero-order valence-electron chi connectivity index (χ0n) is 12.8. The van der Waals surface area contributed by atoms with E-state index >= 15 is 0 Å². The molecule has 1 N–H and O–H groups in total. The van der Waals surface area contributed by atoms with Gasteiger partial charge < -0.3 is 5.32 Å². The lowest BCUT2D eigenvalue weighted by atomic mass is 9.95. The van der Waals surface area contributed by atoms with Gasteiger partial charge >= 0.3 is 0 Å². The summed E-state index contributed by atoms with van der Waals surface area (Å²) in [6.45, 7) is 2.11. The second kappa shape index (κ2) is 7.26. The van der Waals surface area contributed by atoms with Crippen LogP contribution in [0.5, 0.6) is 0 Å². The Morgan fingerprint density at radius 2 is 2.00 bits per heavy atom. The van der Waals surface area contributed by atoms with Crippen LogP contribution in [0.15, 0.2) is 30.3 Å². The summed E-state index contributed by atoms with van der Waals surface area (Å²) < 4.78 is 0. The highest BCUT2D eigenvalue weighted by molar-refractivity contribution is 5.77. The lowest BCUT2D eigenvalue weighted by Gasteiger charge is -2.23. The van der Waals surface area contributed by atoms with Gasteiger partial charge in [-0.2, -0.15) is 5.26 Å². The van der Waals surface area contributed by atoms with Crippen LogP contribution in [-0.2, 0) is 11.2 Å². The standard InChI is InChI=1S/C18H24N2O/c1-15(9-10-16-7-3-2-4-8-16)13-17(21)20-18(14-19)11-5-6-12-18/h2-4,7-8,15H,5-6,9-13H2,1H3,(H,20,21). The Balaban J connectivity index is 1.76. The lowest BCUT2D eigenvalue weighted by molar-refractivity contribution is -0.123. The molecule has 1 saturated carbocycles. The Morgan fingerprint density at radius 1 is 1.33 bits per heavy atom. The molecule has 1 fully saturated rings. The molecule has 112 valence electrons. The Hall–Kier alpha value is -1.82. The molecule has 1 aliphatic carbocycles. The molecule has 0 aromatic heterocycles. The Bertz CT molecular complexity index is 498. The van der Waals surface area contributed by atoms with Crippen LogP contribution in [0.3, 0.4) is 0 Å². The molecule has 1 aromatic carbocycles. The van der Waals surface area contributed by atoms with Gasteiger partial charge in [0.05, 0.1) is 6.07 Å². The molecule has 0 saturated heterocycles. The van der Waals surface area contributed by atoms with Crippen molar-refractivity contribution >= 4 is 5.91 Å². The highest BCUT2D eigenvalue weighted by atomic mass is 16.1. The number of carbonyl (C=O) groups is 1. The third-order valence-corrected chi connectivity index (χ3v) is 4.35. The minimum absolute atomic E-state index is 0.0269. The third kappa shape index (κ3) is 4.60. The van der Waals surface area contributed by atoms with E-state index in [4.69, 9.17) is 0 Å². The number of hydrogen-bond donors (Lipinski definition) is 1. The number of carbonyl (C=O) groups excluding carboxylic acids is 1. The van der Waals surface area contributed by atoms with Gasteiger partial charge in [-0.1, -0.05) is 37.3 Å². The van der Waals surface area contributed by atoms with E-state index in [1.54, 1.807) is 0 Å². The number of hydrogen-bond acceptors (Lipinski definition) is 2. The van der Waals surface area contributed by atoms with Gasteiger partial charge in [0.1, 0.15) is 5.54 Å². The molecule has 0 heterocycles. The number of nitriles is 1. The molecule has 3 heteroatoms. The highest BCUT2D eigenvalue weighted by Gasteiger charge is 2.35. The SMILES string of the molecule is CC(CCc1ccccc1)CC(=O)NC1(C#N)CCCC1. The Morgan fingerprint density at radius 3 is 2.62 bits per heavy atom. The van der Waals surface area contributed by atoms with Gasteiger partial charge in [0.25, 0.3) is 0 Å². The molecule has 0 bridgehead atoms. The van der Waals surface area contributed by atoms with Crippen molar-refractivity contribution in [3.63, 3.8) is 0 Å². The number of rotatable bonds is 6. The van der Waals surface area contributed by atoms with Crippen LogP contribution in [0.4, 0.5) is 0 Å². The minimum atomic E-state index is -0.587. The minimum Gasteiger partial charge on any atom is -0.338 e. The van der Waals surface area contributed by atoms with Crippen molar-refractivity contribution in [1.29, 1.82) is 5.26 Å². The van der Waals surface area contributed by atoms with Gasteiger partial charge in [-0.25, -0.2) is 0 Å². The van der Waals surface area contributed by atoms with Crippen molar-refractivity contribution in [2.24, 2.45) is 5.92 Å². The first-order valence-electron chi connectivity index (χ1n) is 7.90. The predicted octanol–water partition coefficient (Wildman–Crippen LogP) is 3.60. The summed E-state index contributed by atoms with van der Waals surface area (Å²) in [6.07, 6.45) is 6.18. The molecular weight excluding hydrogens is 260 g/mol. The predicted molar refractivity (Wildman–Crippen MR) is 83.5 cm³/mol. The first-order valence-corrected chi connectivity index (χ1v) is 7.90. The maximum Gasteiger partial charge on any atom is 0.221 e. The number of benzene rings is 1. The fourth-order valence-electron chi connectivity index (χ4n) is 3.04. The molecule has 0 spiro atoms. The van der Waals surface area contributed by atoms with E-state index in [1.165, 1.54) is 5.56 Å². The molecule has 1 aromatic rings. The summed E-state index contributed by atoms with van der Waals surface area (Å²) in [7, 11) is 0. The fourth-order valence-corrected chi connectivity index (χ4v) is 3.04. The van der Waals surface area contributed by atoms with Gasteiger partial charge in [0.15, 0.2) is 0 Å². The maximum atomic E-state index is 12.1. The van der Waals surface area contributed by atoms with Crippen LogP contribution in [-0.4, -0.2) is 11.4 Å². The summed E-state index contributed by atoms with van der Waals surface area (Å²) in [5.41, 5.74) is 0.727. The largest absolute Gasteiger partial charge is 0.338 e. The van der Waals surface area contributed by atoms with Gasteiger partial charge in [-0.15, -0.1) is 0 Å².